The van der Waals surface area contributed by atoms with Crippen LogP contribution in [0.3, 0.4) is 0 Å². The first-order valence-electron chi connectivity index (χ1n) is 11.9. The molecule has 11 heteroatoms. The van der Waals surface area contributed by atoms with Crippen LogP contribution in [-0.2, 0) is 30.4 Å². The van der Waals surface area contributed by atoms with Crippen LogP contribution in [0.2, 0.25) is 0 Å². The highest BCUT2D eigenvalue weighted by atomic mass is 32.2. The van der Waals surface area contributed by atoms with Crippen molar-refractivity contribution in [3.05, 3.63) is 35.9 Å². The first-order chi connectivity index (χ1) is 17.0. The summed E-state index contributed by atoms with van der Waals surface area (Å²) in [5.41, 5.74) is 0.189. The quantitative estimate of drug-likeness (QED) is 0.332. The second kappa shape index (κ2) is 14.0. The lowest BCUT2D eigenvalue weighted by atomic mass is 9.81. The van der Waals surface area contributed by atoms with Gasteiger partial charge in [0.25, 0.3) is 0 Å². The molecule has 1 fully saturated rings. The van der Waals surface area contributed by atoms with Crippen molar-refractivity contribution in [2.24, 2.45) is 5.92 Å². The van der Waals surface area contributed by atoms with Crippen LogP contribution in [0.15, 0.2) is 30.3 Å². The fraction of sp³-hybridized carbons (Fsp3) is 0.600. The Morgan fingerprint density at radius 3 is 2.36 bits per heavy atom. The van der Waals surface area contributed by atoms with Gasteiger partial charge in [-0.2, -0.15) is 11.8 Å². The van der Waals surface area contributed by atoms with Crippen molar-refractivity contribution < 1.29 is 33.4 Å². The summed E-state index contributed by atoms with van der Waals surface area (Å²) >= 11 is 1.40. The van der Waals surface area contributed by atoms with E-state index in [1.807, 2.05) is 36.6 Å². The monoisotopic (exact) mass is 523 g/mol. The van der Waals surface area contributed by atoms with Crippen molar-refractivity contribution in [1.29, 1.82) is 0 Å². The van der Waals surface area contributed by atoms with E-state index in [9.17, 15) is 19.2 Å². The van der Waals surface area contributed by atoms with Crippen LogP contribution in [0.25, 0.3) is 0 Å². The van der Waals surface area contributed by atoms with E-state index in [0.717, 1.165) is 5.56 Å². The Morgan fingerprint density at radius 2 is 1.75 bits per heavy atom. The van der Waals surface area contributed by atoms with Crippen molar-refractivity contribution >= 4 is 35.8 Å². The highest BCUT2D eigenvalue weighted by molar-refractivity contribution is 7.98. The minimum Gasteiger partial charge on any atom is -0.469 e. The van der Waals surface area contributed by atoms with Gasteiger partial charge < -0.3 is 30.2 Å². The molecule has 10 nitrogen and oxygen atoms in total. The molecule has 1 aromatic rings. The number of methoxy groups -OCH3 is 1. The molecule has 0 aromatic heterocycles. The maximum atomic E-state index is 13.0. The largest absolute Gasteiger partial charge is 0.469 e. The molecule has 0 aliphatic heterocycles. The molecule has 1 saturated carbocycles. The van der Waals surface area contributed by atoms with Crippen LogP contribution < -0.4 is 16.0 Å². The zero-order valence-electron chi connectivity index (χ0n) is 21.5. The number of carbonyl (C=O) groups excluding carboxylic acids is 4. The minimum atomic E-state index is -0.848. The van der Waals surface area contributed by atoms with Crippen molar-refractivity contribution in [3.8, 4) is 0 Å². The number of ether oxygens (including phenoxy) is 3. The number of hydrogen-bond acceptors (Lipinski definition) is 8. The lowest BCUT2D eigenvalue weighted by molar-refractivity contribution is -0.148. The third kappa shape index (κ3) is 9.96. The second-order valence-electron chi connectivity index (χ2n) is 9.61. The highest BCUT2D eigenvalue weighted by Crippen LogP contribution is 2.27. The Morgan fingerprint density at radius 1 is 1.06 bits per heavy atom. The van der Waals surface area contributed by atoms with Gasteiger partial charge in [0.15, 0.2) is 0 Å². The topological polar surface area (TPSA) is 132 Å². The molecule has 3 amide bonds. The Bertz CT molecular complexity index is 891. The molecular formula is C25H37N3O7S. The summed E-state index contributed by atoms with van der Waals surface area (Å²) in [4.78, 5) is 50.0. The third-order valence-electron chi connectivity index (χ3n) is 5.56. The zero-order valence-corrected chi connectivity index (χ0v) is 22.3. The van der Waals surface area contributed by atoms with Gasteiger partial charge in [-0.3, -0.25) is 9.59 Å². The summed E-state index contributed by atoms with van der Waals surface area (Å²) in [5, 5.41) is 8.30. The standard InChI is InChI=1S/C25H37N3O7S/c1-25(2,3)35-24(32)26-17-11-12-19(18(13-17)22(30)33-4)27-21(29)20(15-36-5)28-23(31)34-14-16-9-7-6-8-10-16/h6-10,17-20H,11-15H2,1-5H3,(H,26,32)(H,27,29)(H,28,31). The van der Waals surface area contributed by atoms with Gasteiger partial charge in [-0.1, -0.05) is 30.3 Å². The second-order valence-corrected chi connectivity index (χ2v) is 10.5. The van der Waals surface area contributed by atoms with Crippen molar-refractivity contribution in [2.75, 3.05) is 19.1 Å². The van der Waals surface area contributed by atoms with Gasteiger partial charge in [-0.25, -0.2) is 9.59 Å². The molecule has 200 valence electrons. The lowest BCUT2D eigenvalue weighted by Gasteiger charge is -2.36. The molecule has 3 N–H and O–H groups in total. The van der Waals surface area contributed by atoms with Crippen LogP contribution >= 0.6 is 11.8 Å². The zero-order chi connectivity index (χ0) is 26.7. The fourth-order valence-corrected chi connectivity index (χ4v) is 4.47. The Hall–Kier alpha value is -2.95. The summed E-state index contributed by atoms with van der Waals surface area (Å²) < 4.78 is 15.5. The number of esters is 1. The van der Waals surface area contributed by atoms with Crippen molar-refractivity contribution in [2.45, 2.75) is 70.4 Å². The van der Waals surface area contributed by atoms with E-state index < -0.39 is 47.7 Å². The predicted octanol–water partition coefficient (Wildman–Crippen LogP) is 3.00. The van der Waals surface area contributed by atoms with Crippen molar-refractivity contribution in [3.63, 3.8) is 0 Å². The van der Waals surface area contributed by atoms with Gasteiger partial charge >= 0.3 is 18.2 Å². The van der Waals surface area contributed by atoms with E-state index in [1.54, 1.807) is 20.8 Å². The summed E-state index contributed by atoms with van der Waals surface area (Å²) in [6.45, 7) is 5.39. The van der Waals surface area contributed by atoms with Gasteiger partial charge in [-0.05, 0) is 51.9 Å². The number of alkyl carbamates (subject to hydrolysis) is 2. The Balaban J connectivity index is 1.96. The maximum Gasteiger partial charge on any atom is 0.408 e. The van der Waals surface area contributed by atoms with Crippen LogP contribution in [0.1, 0.15) is 45.6 Å². The van der Waals surface area contributed by atoms with E-state index in [-0.39, 0.29) is 19.1 Å². The molecular weight excluding hydrogens is 486 g/mol. The lowest BCUT2D eigenvalue weighted by Crippen LogP contribution is -2.56. The minimum absolute atomic E-state index is 0.0827. The average Bonchev–Trinajstić information content (AvgIpc) is 2.82. The maximum absolute atomic E-state index is 13.0. The van der Waals surface area contributed by atoms with Crippen LogP contribution in [0, 0.1) is 5.92 Å². The number of thioether (sulfide) groups is 1. The molecule has 0 heterocycles. The van der Waals surface area contributed by atoms with E-state index in [4.69, 9.17) is 14.2 Å². The number of rotatable bonds is 9. The molecule has 4 unspecified atom stereocenters. The summed E-state index contributed by atoms with van der Waals surface area (Å²) in [7, 11) is 1.28. The fourth-order valence-electron chi connectivity index (χ4n) is 3.90. The average molecular weight is 524 g/mol. The molecule has 0 spiro atoms. The Labute approximate surface area is 216 Å². The van der Waals surface area contributed by atoms with Crippen LogP contribution in [-0.4, -0.2) is 66.9 Å². The van der Waals surface area contributed by atoms with E-state index >= 15 is 0 Å². The summed E-state index contributed by atoms with van der Waals surface area (Å²) in [6, 6.07) is 7.57. The van der Waals surface area contributed by atoms with E-state index in [0.29, 0.717) is 18.6 Å². The number of benzene rings is 1. The molecule has 1 aliphatic rings. The molecule has 1 aromatic carbocycles. The molecule has 2 rings (SSSR count). The normalized spacial score (nSPS) is 20.4. The third-order valence-corrected chi connectivity index (χ3v) is 6.22. The first kappa shape index (κ1) is 29.3. The predicted molar refractivity (Wildman–Crippen MR) is 136 cm³/mol. The van der Waals surface area contributed by atoms with E-state index in [2.05, 4.69) is 16.0 Å². The molecule has 0 saturated heterocycles. The van der Waals surface area contributed by atoms with Gasteiger partial charge in [0.05, 0.1) is 13.0 Å². The number of amides is 3. The summed E-state index contributed by atoms with van der Waals surface area (Å²) in [6.07, 6.45) is 1.83. The first-order valence-corrected chi connectivity index (χ1v) is 13.3. The van der Waals surface area contributed by atoms with Crippen LogP contribution in [0.4, 0.5) is 9.59 Å². The van der Waals surface area contributed by atoms with Gasteiger partial charge in [0.1, 0.15) is 18.2 Å². The van der Waals surface area contributed by atoms with Crippen LogP contribution in [0.5, 0.6) is 0 Å². The molecule has 4 atom stereocenters. The Kier molecular flexibility index (Phi) is 11.4. The molecule has 0 radical (unpaired) electrons. The smallest absolute Gasteiger partial charge is 0.408 e. The number of nitrogens with one attached hydrogen (secondary N) is 3. The van der Waals surface area contributed by atoms with Gasteiger partial charge in [-0.15, -0.1) is 0 Å². The van der Waals surface area contributed by atoms with E-state index in [1.165, 1.54) is 18.9 Å². The summed E-state index contributed by atoms with van der Waals surface area (Å²) in [5.74, 6) is -1.23. The molecule has 36 heavy (non-hydrogen) atoms. The molecule has 1 aliphatic carbocycles. The number of carbonyl (C=O) groups is 4. The molecule has 0 bridgehead atoms. The van der Waals surface area contributed by atoms with Gasteiger partial charge in [0, 0.05) is 17.8 Å². The highest BCUT2D eigenvalue weighted by Gasteiger charge is 2.39. The van der Waals surface area contributed by atoms with Crippen molar-refractivity contribution in [1.82, 2.24) is 16.0 Å². The SMILES string of the molecule is COC(=O)C1CC(NC(=O)OC(C)(C)C)CCC1NC(=O)C(CSC)NC(=O)OCc1ccccc1. The van der Waals surface area contributed by atoms with Gasteiger partial charge in [0.2, 0.25) is 5.91 Å². The number of hydrogen-bond donors (Lipinski definition) is 3.